The molecule has 0 amide bonds. The SMILES string of the molecule is NC1(c2cc(Cl)cc(C(F)(F)F)c2)CC(O)C1. The Morgan fingerprint density at radius 1 is 1.29 bits per heavy atom. The van der Waals surface area contributed by atoms with E-state index in [1.807, 2.05) is 0 Å². The standard InChI is InChI=1S/C11H11ClF3NO/c12-8-2-6(10(16)4-9(17)5-10)1-7(3-8)11(13,14)15/h1-3,9,17H,4-5,16H2. The highest BCUT2D eigenvalue weighted by Crippen LogP contribution is 2.42. The van der Waals surface area contributed by atoms with E-state index in [9.17, 15) is 18.3 Å². The molecule has 0 bridgehead atoms. The molecule has 1 aliphatic carbocycles. The topological polar surface area (TPSA) is 46.2 Å². The third kappa shape index (κ3) is 2.41. The lowest BCUT2D eigenvalue weighted by molar-refractivity contribution is -0.137. The zero-order chi connectivity index (χ0) is 12.8. The van der Waals surface area contributed by atoms with E-state index in [0.29, 0.717) is 5.56 Å². The van der Waals surface area contributed by atoms with Gasteiger partial charge in [-0.2, -0.15) is 13.2 Å². The van der Waals surface area contributed by atoms with Crippen molar-refractivity contribution >= 4 is 11.6 Å². The minimum absolute atomic E-state index is 0.000963. The summed E-state index contributed by atoms with van der Waals surface area (Å²) in [6.07, 6.45) is -4.48. The maximum Gasteiger partial charge on any atom is 0.416 e. The van der Waals surface area contributed by atoms with Crippen molar-refractivity contribution in [3.05, 3.63) is 34.3 Å². The first-order valence-corrected chi connectivity index (χ1v) is 5.44. The van der Waals surface area contributed by atoms with Crippen LogP contribution in [0.1, 0.15) is 24.0 Å². The van der Waals surface area contributed by atoms with Crippen LogP contribution >= 0.6 is 11.6 Å². The van der Waals surface area contributed by atoms with Gasteiger partial charge >= 0.3 is 6.18 Å². The molecule has 6 heteroatoms. The van der Waals surface area contributed by atoms with Crippen molar-refractivity contribution in [1.82, 2.24) is 0 Å². The third-order valence-corrected chi connectivity index (χ3v) is 3.22. The number of alkyl halides is 3. The Hall–Kier alpha value is -0.780. The van der Waals surface area contributed by atoms with E-state index >= 15 is 0 Å². The van der Waals surface area contributed by atoms with Gasteiger partial charge in [-0.25, -0.2) is 0 Å². The van der Waals surface area contributed by atoms with E-state index in [4.69, 9.17) is 17.3 Å². The molecule has 0 atom stereocenters. The first kappa shape index (κ1) is 12.7. The fraction of sp³-hybridized carbons (Fsp3) is 0.455. The van der Waals surface area contributed by atoms with Gasteiger partial charge in [-0.05, 0) is 36.6 Å². The summed E-state index contributed by atoms with van der Waals surface area (Å²) in [5.74, 6) is 0. The zero-order valence-corrected chi connectivity index (χ0v) is 9.52. The van der Waals surface area contributed by atoms with Crippen LogP contribution in [0.3, 0.4) is 0 Å². The van der Waals surface area contributed by atoms with Crippen LogP contribution < -0.4 is 5.73 Å². The Bertz CT molecular complexity index is 441. The van der Waals surface area contributed by atoms with Crippen molar-refractivity contribution < 1.29 is 18.3 Å². The molecular weight excluding hydrogens is 255 g/mol. The second kappa shape index (κ2) is 3.86. The average Bonchev–Trinajstić information content (AvgIpc) is 2.13. The highest BCUT2D eigenvalue weighted by Gasteiger charge is 2.43. The van der Waals surface area contributed by atoms with Crippen molar-refractivity contribution in [3.8, 4) is 0 Å². The predicted octanol–water partition coefficient (Wildman–Crippen LogP) is 2.67. The summed E-state index contributed by atoms with van der Waals surface area (Å²) < 4.78 is 37.8. The number of hydrogen-bond donors (Lipinski definition) is 2. The van der Waals surface area contributed by atoms with Crippen LogP contribution in [-0.2, 0) is 11.7 Å². The Morgan fingerprint density at radius 3 is 2.35 bits per heavy atom. The first-order valence-electron chi connectivity index (χ1n) is 5.06. The molecule has 1 saturated carbocycles. The summed E-state index contributed by atoms with van der Waals surface area (Å²) in [5, 5.41) is 9.21. The van der Waals surface area contributed by atoms with Crippen LogP contribution in [0.25, 0.3) is 0 Å². The van der Waals surface area contributed by atoms with Gasteiger partial charge in [-0.15, -0.1) is 0 Å². The van der Waals surface area contributed by atoms with Gasteiger partial charge in [0.25, 0.3) is 0 Å². The highest BCUT2D eigenvalue weighted by atomic mass is 35.5. The molecule has 1 fully saturated rings. The van der Waals surface area contributed by atoms with Gasteiger partial charge in [-0.1, -0.05) is 11.6 Å². The fourth-order valence-corrected chi connectivity index (χ4v) is 2.29. The van der Waals surface area contributed by atoms with Crippen LogP contribution in [0.2, 0.25) is 5.02 Å². The molecule has 3 N–H and O–H groups in total. The zero-order valence-electron chi connectivity index (χ0n) is 8.76. The van der Waals surface area contributed by atoms with Crippen LogP contribution in [0.4, 0.5) is 13.2 Å². The van der Waals surface area contributed by atoms with Crippen LogP contribution in [0.15, 0.2) is 18.2 Å². The molecule has 0 saturated heterocycles. The van der Waals surface area contributed by atoms with Gasteiger partial charge in [-0.3, -0.25) is 0 Å². The number of hydrogen-bond acceptors (Lipinski definition) is 2. The van der Waals surface area contributed by atoms with E-state index in [-0.39, 0.29) is 17.9 Å². The molecular formula is C11H11ClF3NO. The van der Waals surface area contributed by atoms with Gasteiger partial charge in [0.2, 0.25) is 0 Å². The van der Waals surface area contributed by atoms with Crippen LogP contribution in [-0.4, -0.2) is 11.2 Å². The monoisotopic (exact) mass is 265 g/mol. The lowest BCUT2D eigenvalue weighted by atomic mass is 9.70. The molecule has 94 valence electrons. The summed E-state index contributed by atoms with van der Waals surface area (Å²) in [7, 11) is 0. The molecule has 2 rings (SSSR count). The molecule has 0 radical (unpaired) electrons. The van der Waals surface area contributed by atoms with E-state index < -0.39 is 23.4 Å². The maximum absolute atomic E-state index is 12.6. The average molecular weight is 266 g/mol. The number of aliphatic hydroxyl groups excluding tert-OH is 1. The fourth-order valence-electron chi connectivity index (χ4n) is 2.06. The third-order valence-electron chi connectivity index (χ3n) is 3.00. The van der Waals surface area contributed by atoms with Gasteiger partial charge in [0, 0.05) is 10.6 Å². The minimum atomic E-state index is -4.45. The Labute approximate surface area is 101 Å². The number of rotatable bonds is 1. The lowest BCUT2D eigenvalue weighted by Gasteiger charge is -2.43. The normalized spacial score (nSPS) is 28.9. The molecule has 1 aromatic carbocycles. The van der Waals surface area contributed by atoms with E-state index in [1.54, 1.807) is 0 Å². The lowest BCUT2D eigenvalue weighted by Crippen LogP contribution is -2.51. The molecule has 17 heavy (non-hydrogen) atoms. The van der Waals surface area contributed by atoms with E-state index in [0.717, 1.165) is 12.1 Å². The largest absolute Gasteiger partial charge is 0.416 e. The second-order valence-electron chi connectivity index (χ2n) is 4.44. The number of halogens is 4. The molecule has 0 unspecified atom stereocenters. The highest BCUT2D eigenvalue weighted by molar-refractivity contribution is 6.30. The molecule has 0 aromatic heterocycles. The molecule has 0 aliphatic heterocycles. The van der Waals surface area contributed by atoms with Crippen molar-refractivity contribution in [2.75, 3.05) is 0 Å². The van der Waals surface area contributed by atoms with Gasteiger partial charge in [0.05, 0.1) is 11.7 Å². The smallest absolute Gasteiger partial charge is 0.393 e. The summed E-state index contributed by atoms with van der Waals surface area (Å²) in [5.41, 5.74) is 4.52. The molecule has 0 heterocycles. The Kier molecular flexibility index (Phi) is 2.88. The maximum atomic E-state index is 12.6. The summed E-state index contributed by atoms with van der Waals surface area (Å²) in [6.45, 7) is 0. The minimum Gasteiger partial charge on any atom is -0.393 e. The Morgan fingerprint density at radius 2 is 1.88 bits per heavy atom. The van der Waals surface area contributed by atoms with Crippen LogP contribution in [0, 0.1) is 0 Å². The van der Waals surface area contributed by atoms with Crippen LogP contribution in [0.5, 0.6) is 0 Å². The molecule has 1 aliphatic rings. The Balaban J connectivity index is 2.39. The number of aliphatic hydroxyl groups is 1. The quantitative estimate of drug-likeness (QED) is 0.820. The second-order valence-corrected chi connectivity index (χ2v) is 4.88. The summed E-state index contributed by atoms with van der Waals surface area (Å²) >= 11 is 5.66. The number of nitrogens with two attached hydrogens (primary N) is 1. The molecule has 1 aromatic rings. The van der Waals surface area contributed by atoms with E-state index in [1.165, 1.54) is 6.07 Å². The van der Waals surface area contributed by atoms with Crippen molar-refractivity contribution in [3.63, 3.8) is 0 Å². The predicted molar refractivity (Wildman–Crippen MR) is 57.6 cm³/mol. The van der Waals surface area contributed by atoms with Gasteiger partial charge < -0.3 is 10.8 Å². The summed E-state index contributed by atoms with van der Waals surface area (Å²) in [4.78, 5) is 0. The number of benzene rings is 1. The van der Waals surface area contributed by atoms with Gasteiger partial charge in [0.1, 0.15) is 0 Å². The van der Waals surface area contributed by atoms with Gasteiger partial charge in [0.15, 0.2) is 0 Å². The molecule has 2 nitrogen and oxygen atoms in total. The van der Waals surface area contributed by atoms with Crippen molar-refractivity contribution in [1.29, 1.82) is 0 Å². The van der Waals surface area contributed by atoms with Crippen molar-refractivity contribution in [2.24, 2.45) is 5.73 Å². The van der Waals surface area contributed by atoms with E-state index in [2.05, 4.69) is 0 Å². The van der Waals surface area contributed by atoms with Crippen molar-refractivity contribution in [2.45, 2.75) is 30.7 Å². The first-order chi connectivity index (χ1) is 7.71. The molecule has 0 spiro atoms. The summed E-state index contributed by atoms with van der Waals surface area (Å²) in [6, 6.07) is 3.28.